The van der Waals surface area contributed by atoms with Crippen molar-refractivity contribution in [2.45, 2.75) is 12.8 Å². The van der Waals surface area contributed by atoms with Gasteiger partial charge in [0, 0.05) is 31.1 Å². The van der Waals surface area contributed by atoms with Crippen LogP contribution in [0.4, 0.5) is 5.69 Å². The monoisotopic (exact) mass is 281 g/mol. The van der Waals surface area contributed by atoms with Crippen molar-refractivity contribution in [1.82, 2.24) is 4.98 Å². The number of pyridine rings is 1. The summed E-state index contributed by atoms with van der Waals surface area (Å²) in [4.78, 5) is 17.3. The molecule has 5 nitrogen and oxygen atoms in total. The van der Waals surface area contributed by atoms with Gasteiger partial charge in [0.05, 0.1) is 16.8 Å². The minimum absolute atomic E-state index is 0.140. The molecule has 1 unspecified atom stereocenters. The molecule has 0 spiro atoms. The zero-order valence-electron chi connectivity index (χ0n) is 11.5. The van der Waals surface area contributed by atoms with Gasteiger partial charge in [0.2, 0.25) is 0 Å². The fraction of sp³-hybridized carbons (Fsp3) is 0.312. The fourth-order valence-corrected chi connectivity index (χ4v) is 3.00. The number of nitrogens with zero attached hydrogens (tertiary/aromatic N) is 3. The first-order valence-electron chi connectivity index (χ1n) is 6.93. The maximum Gasteiger partial charge on any atom is 0.303 e. The van der Waals surface area contributed by atoms with Gasteiger partial charge >= 0.3 is 5.97 Å². The minimum Gasteiger partial charge on any atom is -0.481 e. The number of fused-ring (bicyclic) bond motifs is 1. The number of para-hydroxylation sites is 1. The second-order valence-corrected chi connectivity index (χ2v) is 5.35. The van der Waals surface area contributed by atoms with Crippen molar-refractivity contribution in [3.05, 3.63) is 36.0 Å². The highest BCUT2D eigenvalue weighted by molar-refractivity contribution is 5.94. The quantitative estimate of drug-likeness (QED) is 0.934. The van der Waals surface area contributed by atoms with Gasteiger partial charge in [0.1, 0.15) is 6.07 Å². The minimum atomic E-state index is -0.762. The molecule has 1 aromatic carbocycles. The third kappa shape index (κ3) is 2.52. The van der Waals surface area contributed by atoms with Gasteiger partial charge in [-0.2, -0.15) is 5.26 Å². The van der Waals surface area contributed by atoms with E-state index in [0.29, 0.717) is 12.1 Å². The van der Waals surface area contributed by atoms with Crippen LogP contribution in [-0.2, 0) is 4.79 Å². The van der Waals surface area contributed by atoms with Crippen molar-refractivity contribution in [3.8, 4) is 6.07 Å². The number of aromatic nitrogens is 1. The molecule has 1 aliphatic rings. The number of anilines is 1. The number of benzene rings is 1. The lowest BCUT2D eigenvalue weighted by Gasteiger charge is -2.21. The Morgan fingerprint density at radius 3 is 3.05 bits per heavy atom. The molecule has 2 heterocycles. The molecule has 2 aromatic rings. The summed E-state index contributed by atoms with van der Waals surface area (Å²) in [6.45, 7) is 1.45. The van der Waals surface area contributed by atoms with Gasteiger partial charge in [-0.3, -0.25) is 9.78 Å². The molecule has 0 bridgehead atoms. The molecule has 1 saturated heterocycles. The molecule has 3 rings (SSSR count). The second kappa shape index (κ2) is 5.41. The topological polar surface area (TPSA) is 77.2 Å². The van der Waals surface area contributed by atoms with Crippen molar-refractivity contribution in [3.63, 3.8) is 0 Å². The highest BCUT2D eigenvalue weighted by Gasteiger charge is 2.27. The van der Waals surface area contributed by atoms with Gasteiger partial charge < -0.3 is 10.0 Å². The SMILES string of the molecule is N#Cc1cnc2ccccc2c1N1CCC(CC(=O)O)C1. The molecule has 1 atom stereocenters. The Bertz CT molecular complexity index is 736. The number of carboxylic acid groups (broad SMARTS) is 1. The van der Waals surface area contributed by atoms with Crippen LogP contribution in [0, 0.1) is 17.2 Å². The standard InChI is InChI=1S/C16H15N3O2/c17-8-12-9-18-14-4-2-1-3-13(14)16(12)19-6-5-11(10-19)7-15(20)21/h1-4,9,11H,5-7,10H2,(H,20,21). The highest BCUT2D eigenvalue weighted by Crippen LogP contribution is 2.33. The Morgan fingerprint density at radius 2 is 2.29 bits per heavy atom. The average Bonchev–Trinajstić information content (AvgIpc) is 2.93. The maximum atomic E-state index is 10.9. The van der Waals surface area contributed by atoms with Gasteiger partial charge in [-0.15, -0.1) is 0 Å². The molecule has 0 amide bonds. The number of carbonyl (C=O) groups is 1. The van der Waals surface area contributed by atoms with Gasteiger partial charge in [-0.25, -0.2) is 0 Å². The Morgan fingerprint density at radius 1 is 1.48 bits per heavy atom. The van der Waals surface area contributed by atoms with E-state index in [2.05, 4.69) is 16.0 Å². The van der Waals surface area contributed by atoms with Crippen LogP contribution in [0.15, 0.2) is 30.5 Å². The Hall–Kier alpha value is -2.61. The normalized spacial score (nSPS) is 17.9. The van der Waals surface area contributed by atoms with Gasteiger partial charge in [0.15, 0.2) is 0 Å². The summed E-state index contributed by atoms with van der Waals surface area (Å²) >= 11 is 0. The lowest BCUT2D eigenvalue weighted by atomic mass is 10.1. The molecule has 106 valence electrons. The zero-order valence-corrected chi connectivity index (χ0v) is 11.5. The largest absolute Gasteiger partial charge is 0.481 e. The van der Waals surface area contributed by atoms with Crippen LogP contribution >= 0.6 is 0 Å². The van der Waals surface area contributed by atoms with Crippen molar-refractivity contribution >= 4 is 22.6 Å². The first kappa shape index (κ1) is 13.4. The average molecular weight is 281 g/mol. The van der Waals surface area contributed by atoms with Crippen LogP contribution in [0.3, 0.4) is 0 Å². The van der Waals surface area contributed by atoms with E-state index in [9.17, 15) is 10.1 Å². The molecule has 0 aliphatic carbocycles. The van der Waals surface area contributed by atoms with Crippen LogP contribution in [-0.4, -0.2) is 29.1 Å². The molecule has 1 fully saturated rings. The van der Waals surface area contributed by atoms with E-state index in [1.807, 2.05) is 24.3 Å². The Kier molecular flexibility index (Phi) is 3.44. The van der Waals surface area contributed by atoms with Crippen LogP contribution in [0.1, 0.15) is 18.4 Å². The number of carboxylic acids is 1. The molecule has 5 heteroatoms. The summed E-state index contributed by atoms with van der Waals surface area (Å²) in [6, 6.07) is 9.93. The van der Waals surface area contributed by atoms with Gasteiger partial charge in [0.25, 0.3) is 0 Å². The summed E-state index contributed by atoms with van der Waals surface area (Å²) in [5, 5.41) is 19.2. The lowest BCUT2D eigenvalue weighted by Crippen LogP contribution is -2.22. The van der Waals surface area contributed by atoms with Crippen LogP contribution in [0.5, 0.6) is 0 Å². The number of rotatable bonds is 3. The third-order valence-electron chi connectivity index (χ3n) is 3.93. The summed E-state index contributed by atoms with van der Waals surface area (Å²) in [5.74, 6) is -0.622. The Balaban J connectivity index is 2.00. The van der Waals surface area contributed by atoms with E-state index in [1.165, 1.54) is 0 Å². The molecule has 1 aliphatic heterocycles. The van der Waals surface area contributed by atoms with E-state index >= 15 is 0 Å². The van der Waals surface area contributed by atoms with Crippen molar-refractivity contribution in [2.75, 3.05) is 18.0 Å². The zero-order chi connectivity index (χ0) is 14.8. The maximum absolute atomic E-state index is 10.9. The van der Waals surface area contributed by atoms with E-state index in [-0.39, 0.29) is 12.3 Å². The summed E-state index contributed by atoms with van der Waals surface area (Å²) < 4.78 is 0. The van der Waals surface area contributed by atoms with Crippen LogP contribution < -0.4 is 4.90 Å². The van der Waals surface area contributed by atoms with E-state index < -0.39 is 5.97 Å². The molecular formula is C16H15N3O2. The van der Waals surface area contributed by atoms with Gasteiger partial charge in [-0.1, -0.05) is 18.2 Å². The number of hydrogen-bond donors (Lipinski definition) is 1. The third-order valence-corrected chi connectivity index (χ3v) is 3.93. The predicted molar refractivity (Wildman–Crippen MR) is 79.0 cm³/mol. The second-order valence-electron chi connectivity index (χ2n) is 5.35. The first-order valence-corrected chi connectivity index (χ1v) is 6.93. The smallest absolute Gasteiger partial charge is 0.303 e. The molecule has 21 heavy (non-hydrogen) atoms. The fourth-order valence-electron chi connectivity index (χ4n) is 3.00. The Labute approximate surface area is 122 Å². The lowest BCUT2D eigenvalue weighted by molar-refractivity contribution is -0.137. The highest BCUT2D eigenvalue weighted by atomic mass is 16.4. The van der Waals surface area contributed by atoms with Crippen LogP contribution in [0.25, 0.3) is 10.9 Å². The van der Waals surface area contributed by atoms with E-state index in [1.54, 1.807) is 6.20 Å². The molecule has 1 aromatic heterocycles. The molecule has 1 N–H and O–H groups in total. The van der Waals surface area contributed by atoms with Crippen molar-refractivity contribution < 1.29 is 9.90 Å². The number of hydrogen-bond acceptors (Lipinski definition) is 4. The first-order chi connectivity index (χ1) is 10.2. The van der Waals surface area contributed by atoms with Crippen LogP contribution in [0.2, 0.25) is 0 Å². The van der Waals surface area contributed by atoms with Crippen molar-refractivity contribution in [1.29, 1.82) is 5.26 Å². The molecular weight excluding hydrogens is 266 g/mol. The molecule has 0 radical (unpaired) electrons. The summed E-state index contributed by atoms with van der Waals surface area (Å²) in [5.41, 5.74) is 2.29. The van der Waals surface area contributed by atoms with E-state index in [0.717, 1.165) is 29.6 Å². The summed E-state index contributed by atoms with van der Waals surface area (Å²) in [7, 11) is 0. The summed E-state index contributed by atoms with van der Waals surface area (Å²) in [6.07, 6.45) is 2.62. The number of nitriles is 1. The van der Waals surface area contributed by atoms with Gasteiger partial charge in [-0.05, 0) is 18.4 Å². The van der Waals surface area contributed by atoms with Crippen molar-refractivity contribution in [2.24, 2.45) is 5.92 Å². The molecule has 0 saturated carbocycles. The predicted octanol–water partition coefficient (Wildman–Crippen LogP) is 2.41. The number of aliphatic carboxylic acids is 1. The van der Waals surface area contributed by atoms with E-state index in [4.69, 9.17) is 5.11 Å².